The molecule has 96 valence electrons. The van der Waals surface area contributed by atoms with Gasteiger partial charge in [0, 0.05) is 18.6 Å². The van der Waals surface area contributed by atoms with E-state index in [0.717, 1.165) is 11.8 Å². The van der Waals surface area contributed by atoms with Crippen LogP contribution in [0.1, 0.15) is 66.7 Å². The molecule has 0 amide bonds. The Bertz CT molecular complexity index is 184. The van der Waals surface area contributed by atoms with Crippen LogP contribution >= 0.6 is 0 Å². The third kappa shape index (κ3) is 3.48. The molecule has 16 heavy (non-hydrogen) atoms. The molecule has 1 heterocycles. The lowest BCUT2D eigenvalue weighted by Gasteiger charge is -2.47. The molecule has 0 N–H and O–H groups in total. The van der Waals surface area contributed by atoms with Crippen molar-refractivity contribution in [3.63, 3.8) is 0 Å². The second-order valence-electron chi connectivity index (χ2n) is 6.35. The molecular weight excluding hydrogens is 194 g/mol. The number of likely N-dealkylation sites (tertiary alicyclic amines) is 1. The maximum absolute atomic E-state index is 2.79. The van der Waals surface area contributed by atoms with Crippen molar-refractivity contribution < 1.29 is 0 Å². The van der Waals surface area contributed by atoms with E-state index < -0.39 is 0 Å². The van der Waals surface area contributed by atoms with Crippen LogP contribution in [0.4, 0.5) is 0 Å². The monoisotopic (exact) mass is 225 g/mol. The van der Waals surface area contributed by atoms with Gasteiger partial charge in [0.05, 0.1) is 0 Å². The number of nitrogens with zero attached hydrogens (tertiary/aromatic N) is 1. The molecule has 1 saturated heterocycles. The van der Waals surface area contributed by atoms with E-state index >= 15 is 0 Å². The number of rotatable bonds is 5. The molecule has 0 radical (unpaired) electrons. The fraction of sp³-hybridized carbons (Fsp3) is 1.00. The Labute approximate surface area is 103 Å². The van der Waals surface area contributed by atoms with Crippen molar-refractivity contribution in [1.29, 1.82) is 0 Å². The van der Waals surface area contributed by atoms with Crippen LogP contribution in [-0.2, 0) is 0 Å². The van der Waals surface area contributed by atoms with Crippen molar-refractivity contribution in [2.75, 3.05) is 13.1 Å². The average Bonchev–Trinajstić information content (AvgIpc) is 2.16. The fourth-order valence-corrected chi connectivity index (χ4v) is 3.62. The van der Waals surface area contributed by atoms with Gasteiger partial charge in [-0.25, -0.2) is 0 Å². The summed E-state index contributed by atoms with van der Waals surface area (Å²) < 4.78 is 0. The van der Waals surface area contributed by atoms with Crippen LogP contribution in [-0.4, -0.2) is 23.5 Å². The van der Waals surface area contributed by atoms with Crippen molar-refractivity contribution in [2.45, 2.75) is 72.3 Å². The minimum absolute atomic E-state index is 0.465. The molecule has 1 aliphatic heterocycles. The van der Waals surface area contributed by atoms with Crippen LogP contribution < -0.4 is 0 Å². The Morgan fingerprint density at radius 3 is 1.81 bits per heavy atom. The van der Waals surface area contributed by atoms with E-state index in [0.29, 0.717) is 5.54 Å². The van der Waals surface area contributed by atoms with Crippen molar-refractivity contribution in [1.82, 2.24) is 4.90 Å². The summed E-state index contributed by atoms with van der Waals surface area (Å²) in [5.41, 5.74) is 0.465. The molecule has 1 heteroatoms. The first-order chi connectivity index (χ1) is 7.51. The van der Waals surface area contributed by atoms with Crippen LogP contribution in [0.2, 0.25) is 0 Å². The molecule has 2 atom stereocenters. The van der Waals surface area contributed by atoms with E-state index in [-0.39, 0.29) is 0 Å². The fourth-order valence-electron chi connectivity index (χ4n) is 3.62. The molecule has 1 fully saturated rings. The highest BCUT2D eigenvalue weighted by molar-refractivity contribution is 4.89. The second kappa shape index (κ2) is 6.05. The Kier molecular flexibility index (Phi) is 5.30. The van der Waals surface area contributed by atoms with Crippen LogP contribution in [0, 0.1) is 11.8 Å². The van der Waals surface area contributed by atoms with E-state index in [1.54, 1.807) is 0 Å². The first-order valence-corrected chi connectivity index (χ1v) is 7.27. The van der Waals surface area contributed by atoms with Gasteiger partial charge in [0.25, 0.3) is 0 Å². The number of hydrogen-bond donors (Lipinski definition) is 0. The average molecular weight is 225 g/mol. The van der Waals surface area contributed by atoms with Crippen molar-refractivity contribution >= 4 is 0 Å². The zero-order valence-electron chi connectivity index (χ0n) is 12.1. The smallest absolute Gasteiger partial charge is 0.0181 e. The molecule has 1 rings (SSSR count). The third-order valence-corrected chi connectivity index (χ3v) is 4.21. The summed E-state index contributed by atoms with van der Waals surface area (Å²) in [6, 6.07) is 0. The van der Waals surface area contributed by atoms with E-state index in [1.165, 1.54) is 45.2 Å². The molecule has 1 nitrogen and oxygen atoms in total. The highest BCUT2D eigenvalue weighted by atomic mass is 15.2. The maximum Gasteiger partial charge on any atom is 0.0181 e. The molecule has 1 aliphatic rings. The van der Waals surface area contributed by atoms with Gasteiger partial charge in [-0.15, -0.1) is 0 Å². The van der Waals surface area contributed by atoms with Gasteiger partial charge in [-0.05, 0) is 38.0 Å². The van der Waals surface area contributed by atoms with E-state index in [4.69, 9.17) is 0 Å². The summed E-state index contributed by atoms with van der Waals surface area (Å²) in [5, 5.41) is 0. The zero-order valence-corrected chi connectivity index (χ0v) is 12.1. The highest BCUT2D eigenvalue weighted by Crippen LogP contribution is 2.33. The van der Waals surface area contributed by atoms with Gasteiger partial charge in [-0.3, -0.25) is 4.90 Å². The lowest BCUT2D eigenvalue weighted by atomic mass is 9.83. The number of hydrogen-bond acceptors (Lipinski definition) is 1. The van der Waals surface area contributed by atoms with Crippen LogP contribution in [0.3, 0.4) is 0 Å². The summed E-state index contributed by atoms with van der Waals surface area (Å²) in [5.74, 6) is 1.77. The maximum atomic E-state index is 2.79. The van der Waals surface area contributed by atoms with Crippen molar-refractivity contribution in [2.24, 2.45) is 11.8 Å². The Morgan fingerprint density at radius 1 is 1.00 bits per heavy atom. The summed E-state index contributed by atoms with van der Waals surface area (Å²) in [6.07, 6.45) is 6.77. The minimum atomic E-state index is 0.465. The van der Waals surface area contributed by atoms with E-state index in [1.807, 2.05) is 0 Å². The number of piperidine rings is 1. The summed E-state index contributed by atoms with van der Waals surface area (Å²) in [7, 11) is 0. The highest BCUT2D eigenvalue weighted by Gasteiger charge is 2.34. The van der Waals surface area contributed by atoms with Gasteiger partial charge in [-0.1, -0.05) is 40.5 Å². The zero-order chi connectivity index (χ0) is 12.2. The van der Waals surface area contributed by atoms with Crippen molar-refractivity contribution in [3.8, 4) is 0 Å². The quantitative estimate of drug-likeness (QED) is 0.673. The first kappa shape index (κ1) is 14.0. The van der Waals surface area contributed by atoms with Crippen LogP contribution in [0.25, 0.3) is 0 Å². The Hall–Kier alpha value is -0.0400. The Balaban J connectivity index is 2.68. The lowest BCUT2D eigenvalue weighted by Crippen LogP contribution is -2.52. The summed E-state index contributed by atoms with van der Waals surface area (Å²) in [6.45, 7) is 14.6. The molecule has 0 spiro atoms. The topological polar surface area (TPSA) is 3.24 Å². The second-order valence-corrected chi connectivity index (χ2v) is 6.35. The normalized spacial score (nSPS) is 28.3. The van der Waals surface area contributed by atoms with E-state index in [2.05, 4.69) is 39.5 Å². The predicted molar refractivity (Wildman–Crippen MR) is 72.7 cm³/mol. The molecular formula is C15H31N. The minimum Gasteiger partial charge on any atom is -0.297 e. The first-order valence-electron chi connectivity index (χ1n) is 7.27. The summed E-state index contributed by atoms with van der Waals surface area (Å²) >= 11 is 0. The molecule has 0 bridgehead atoms. The molecule has 0 aromatic rings. The molecule has 0 aromatic carbocycles. The van der Waals surface area contributed by atoms with Crippen LogP contribution in [0.5, 0.6) is 0 Å². The van der Waals surface area contributed by atoms with Crippen molar-refractivity contribution in [3.05, 3.63) is 0 Å². The molecule has 0 aromatic heterocycles. The van der Waals surface area contributed by atoms with E-state index in [9.17, 15) is 0 Å². The standard InChI is InChI=1S/C15H31N/c1-6-8-15(5,9-7-2)16-11-13(3)10-14(4)12-16/h13-14H,6-12H2,1-5H3. The van der Waals surface area contributed by atoms with Gasteiger partial charge in [0.2, 0.25) is 0 Å². The van der Waals surface area contributed by atoms with Gasteiger partial charge >= 0.3 is 0 Å². The lowest BCUT2D eigenvalue weighted by molar-refractivity contribution is 0.0227. The van der Waals surface area contributed by atoms with Gasteiger partial charge in [-0.2, -0.15) is 0 Å². The predicted octanol–water partition coefficient (Wildman–Crippen LogP) is 4.32. The van der Waals surface area contributed by atoms with Gasteiger partial charge in [0.15, 0.2) is 0 Å². The summed E-state index contributed by atoms with van der Waals surface area (Å²) in [4.78, 5) is 2.79. The molecule has 2 unspecified atom stereocenters. The third-order valence-electron chi connectivity index (χ3n) is 4.21. The molecule has 0 aliphatic carbocycles. The molecule has 0 saturated carbocycles. The van der Waals surface area contributed by atoms with Gasteiger partial charge < -0.3 is 0 Å². The SMILES string of the molecule is CCCC(C)(CCC)N1CC(C)CC(C)C1. The largest absolute Gasteiger partial charge is 0.297 e. The van der Waals surface area contributed by atoms with Crippen LogP contribution in [0.15, 0.2) is 0 Å². The van der Waals surface area contributed by atoms with Gasteiger partial charge in [0.1, 0.15) is 0 Å². The Morgan fingerprint density at radius 2 is 1.44 bits per heavy atom.